The number of anilines is 2. The minimum Gasteiger partial charge on any atom is -0.382 e. The Morgan fingerprint density at radius 3 is 2.74 bits per heavy atom. The van der Waals surface area contributed by atoms with Gasteiger partial charge in [0.05, 0.1) is 11.4 Å². The van der Waals surface area contributed by atoms with E-state index in [1.807, 2.05) is 0 Å². The van der Waals surface area contributed by atoms with Crippen molar-refractivity contribution in [1.82, 2.24) is 0 Å². The third-order valence-electron chi connectivity index (χ3n) is 3.84. The van der Waals surface area contributed by atoms with Gasteiger partial charge in [0.1, 0.15) is 0 Å². The van der Waals surface area contributed by atoms with Gasteiger partial charge in [0.25, 0.3) is 0 Å². The van der Waals surface area contributed by atoms with Crippen LogP contribution in [0.15, 0.2) is 23.1 Å². The van der Waals surface area contributed by atoms with Crippen molar-refractivity contribution in [2.45, 2.75) is 49.5 Å². The van der Waals surface area contributed by atoms with Crippen LogP contribution >= 0.6 is 11.8 Å². The molecule has 1 heterocycles. The highest BCUT2D eigenvalue weighted by Gasteiger charge is 2.17. The molecule has 3 nitrogen and oxygen atoms in total. The summed E-state index contributed by atoms with van der Waals surface area (Å²) in [6, 6.07) is 6.91. The summed E-state index contributed by atoms with van der Waals surface area (Å²) in [7, 11) is 0. The summed E-state index contributed by atoms with van der Waals surface area (Å²) in [4.78, 5) is 12.6. The molecule has 1 aromatic rings. The highest BCUT2D eigenvalue weighted by molar-refractivity contribution is 8.00. The van der Waals surface area contributed by atoms with Gasteiger partial charge in [-0.05, 0) is 31.0 Å². The molecule has 0 aromatic heterocycles. The van der Waals surface area contributed by atoms with Crippen LogP contribution in [-0.4, -0.2) is 17.7 Å². The summed E-state index contributed by atoms with van der Waals surface area (Å²) in [5.74, 6) is 0.631. The SMILES string of the molecule is O=C1CSc2ccc(NC3CCCCCC3)cc2N1. The Bertz CT molecular complexity index is 467. The van der Waals surface area contributed by atoms with E-state index in [-0.39, 0.29) is 5.91 Å². The van der Waals surface area contributed by atoms with Crippen molar-refractivity contribution in [2.24, 2.45) is 0 Å². The number of nitrogens with one attached hydrogen (secondary N) is 2. The molecule has 0 radical (unpaired) electrons. The van der Waals surface area contributed by atoms with E-state index >= 15 is 0 Å². The predicted molar refractivity (Wildman–Crippen MR) is 80.9 cm³/mol. The summed E-state index contributed by atoms with van der Waals surface area (Å²) in [5, 5.41) is 6.58. The van der Waals surface area contributed by atoms with E-state index in [0.29, 0.717) is 11.8 Å². The molecule has 1 fully saturated rings. The van der Waals surface area contributed by atoms with E-state index < -0.39 is 0 Å². The summed E-state index contributed by atoms with van der Waals surface area (Å²) in [6.45, 7) is 0. The van der Waals surface area contributed by atoms with E-state index in [1.165, 1.54) is 43.4 Å². The second kappa shape index (κ2) is 5.87. The van der Waals surface area contributed by atoms with Crippen LogP contribution in [0.2, 0.25) is 0 Å². The third-order valence-corrected chi connectivity index (χ3v) is 4.91. The molecule has 3 rings (SSSR count). The number of amides is 1. The standard InChI is InChI=1S/C15H20N2OS/c18-15-10-19-14-8-7-12(9-13(14)17-15)16-11-5-3-1-2-4-6-11/h7-9,11,16H,1-6,10H2,(H,17,18). The minimum absolute atomic E-state index is 0.101. The molecule has 0 atom stereocenters. The normalized spacial score (nSPS) is 20.3. The van der Waals surface area contributed by atoms with Gasteiger partial charge in [-0.25, -0.2) is 0 Å². The smallest absolute Gasteiger partial charge is 0.234 e. The van der Waals surface area contributed by atoms with Gasteiger partial charge < -0.3 is 10.6 Å². The number of hydrogen-bond donors (Lipinski definition) is 2. The van der Waals surface area contributed by atoms with E-state index in [9.17, 15) is 4.79 Å². The minimum atomic E-state index is 0.101. The number of thioether (sulfide) groups is 1. The van der Waals surface area contributed by atoms with Gasteiger partial charge in [0.15, 0.2) is 0 Å². The van der Waals surface area contributed by atoms with Gasteiger partial charge in [-0.1, -0.05) is 25.7 Å². The number of benzene rings is 1. The molecule has 0 spiro atoms. The third kappa shape index (κ3) is 3.24. The van der Waals surface area contributed by atoms with Gasteiger partial charge in [-0.3, -0.25) is 4.79 Å². The van der Waals surface area contributed by atoms with E-state index in [2.05, 4.69) is 28.8 Å². The Hall–Kier alpha value is -1.16. The molecule has 19 heavy (non-hydrogen) atoms. The zero-order valence-electron chi connectivity index (χ0n) is 11.1. The number of fused-ring (bicyclic) bond motifs is 1. The van der Waals surface area contributed by atoms with E-state index in [0.717, 1.165) is 11.4 Å². The molecular formula is C15H20N2OS. The maximum atomic E-state index is 11.4. The van der Waals surface area contributed by atoms with E-state index in [1.54, 1.807) is 11.8 Å². The van der Waals surface area contributed by atoms with Gasteiger partial charge in [0.2, 0.25) is 5.91 Å². The van der Waals surface area contributed by atoms with Gasteiger partial charge in [-0.2, -0.15) is 0 Å². The second-order valence-electron chi connectivity index (χ2n) is 5.38. The molecule has 0 saturated heterocycles. The first-order valence-electron chi connectivity index (χ1n) is 7.14. The van der Waals surface area contributed by atoms with Crippen LogP contribution in [0.5, 0.6) is 0 Å². The van der Waals surface area contributed by atoms with Gasteiger partial charge >= 0.3 is 0 Å². The molecule has 2 aliphatic rings. The fourth-order valence-electron chi connectivity index (χ4n) is 2.83. The quantitative estimate of drug-likeness (QED) is 0.806. The summed E-state index contributed by atoms with van der Waals surface area (Å²) in [5.41, 5.74) is 2.09. The maximum absolute atomic E-state index is 11.4. The molecule has 1 aliphatic carbocycles. The second-order valence-corrected chi connectivity index (χ2v) is 6.40. The lowest BCUT2D eigenvalue weighted by Gasteiger charge is -2.21. The van der Waals surface area contributed by atoms with Crippen molar-refractivity contribution in [1.29, 1.82) is 0 Å². The van der Waals surface area contributed by atoms with Crippen LogP contribution in [0.25, 0.3) is 0 Å². The van der Waals surface area contributed by atoms with Crippen molar-refractivity contribution in [3.8, 4) is 0 Å². The molecule has 102 valence electrons. The van der Waals surface area contributed by atoms with Crippen LogP contribution in [0.1, 0.15) is 38.5 Å². The van der Waals surface area contributed by atoms with Crippen molar-refractivity contribution >= 4 is 29.0 Å². The first-order chi connectivity index (χ1) is 9.31. The van der Waals surface area contributed by atoms with Crippen molar-refractivity contribution in [3.05, 3.63) is 18.2 Å². The van der Waals surface area contributed by atoms with E-state index in [4.69, 9.17) is 0 Å². The van der Waals surface area contributed by atoms with Crippen molar-refractivity contribution in [2.75, 3.05) is 16.4 Å². The van der Waals surface area contributed by atoms with Crippen LogP contribution < -0.4 is 10.6 Å². The largest absolute Gasteiger partial charge is 0.382 e. The monoisotopic (exact) mass is 276 g/mol. The molecular weight excluding hydrogens is 256 g/mol. The molecule has 1 saturated carbocycles. The molecule has 1 amide bonds. The molecule has 1 aromatic carbocycles. The lowest BCUT2D eigenvalue weighted by molar-refractivity contribution is -0.113. The lowest BCUT2D eigenvalue weighted by Crippen LogP contribution is -2.20. The highest BCUT2D eigenvalue weighted by Crippen LogP contribution is 2.34. The Morgan fingerprint density at radius 1 is 1.16 bits per heavy atom. The lowest BCUT2D eigenvalue weighted by atomic mass is 10.1. The molecule has 1 aliphatic heterocycles. The molecule has 0 bridgehead atoms. The summed E-state index contributed by atoms with van der Waals surface area (Å²) < 4.78 is 0. The van der Waals surface area contributed by atoms with Crippen LogP contribution in [-0.2, 0) is 4.79 Å². The number of carbonyl (C=O) groups is 1. The zero-order valence-corrected chi connectivity index (χ0v) is 11.9. The average Bonchev–Trinajstić information content (AvgIpc) is 2.67. The topological polar surface area (TPSA) is 41.1 Å². The fraction of sp³-hybridized carbons (Fsp3) is 0.533. The Labute approximate surface area is 118 Å². The first kappa shape index (κ1) is 12.9. The van der Waals surface area contributed by atoms with Crippen LogP contribution in [0.3, 0.4) is 0 Å². The van der Waals surface area contributed by atoms with Crippen LogP contribution in [0, 0.1) is 0 Å². The Kier molecular flexibility index (Phi) is 3.97. The fourth-order valence-corrected chi connectivity index (χ4v) is 3.62. The number of carbonyl (C=O) groups excluding carboxylic acids is 1. The number of rotatable bonds is 2. The average molecular weight is 276 g/mol. The molecule has 0 unspecified atom stereocenters. The highest BCUT2D eigenvalue weighted by atomic mass is 32.2. The zero-order chi connectivity index (χ0) is 13.1. The van der Waals surface area contributed by atoms with Crippen molar-refractivity contribution in [3.63, 3.8) is 0 Å². The van der Waals surface area contributed by atoms with Crippen molar-refractivity contribution < 1.29 is 4.79 Å². The first-order valence-corrected chi connectivity index (χ1v) is 8.13. The van der Waals surface area contributed by atoms with Crippen LogP contribution in [0.4, 0.5) is 11.4 Å². The molecule has 4 heteroatoms. The van der Waals surface area contributed by atoms with Gasteiger partial charge in [-0.15, -0.1) is 11.8 Å². The Morgan fingerprint density at radius 2 is 1.95 bits per heavy atom. The summed E-state index contributed by atoms with van der Waals surface area (Å²) in [6.07, 6.45) is 7.92. The molecule has 2 N–H and O–H groups in total. The number of hydrogen-bond acceptors (Lipinski definition) is 3. The maximum Gasteiger partial charge on any atom is 0.234 e. The Balaban J connectivity index is 1.71. The van der Waals surface area contributed by atoms with Gasteiger partial charge in [0, 0.05) is 16.6 Å². The predicted octanol–water partition coefficient (Wildman–Crippen LogP) is 3.87. The summed E-state index contributed by atoms with van der Waals surface area (Å²) >= 11 is 1.62.